The van der Waals surface area contributed by atoms with E-state index in [1.54, 1.807) is 0 Å². The summed E-state index contributed by atoms with van der Waals surface area (Å²) in [6.07, 6.45) is 77.6. The topological polar surface area (TPSA) is 111 Å². The number of nitrogens with one attached hydrogen (secondary N) is 1. The van der Waals surface area contributed by atoms with Gasteiger partial charge in [0, 0.05) is 12.8 Å². The van der Waals surface area contributed by atoms with Crippen LogP contribution in [-0.2, 0) is 27.9 Å². The lowest BCUT2D eigenvalue weighted by atomic mass is 10.0. The number of carbonyl (C=O) groups is 2. The van der Waals surface area contributed by atoms with Crippen molar-refractivity contribution in [2.75, 3.05) is 40.9 Å². The molecule has 9 nitrogen and oxygen atoms in total. The van der Waals surface area contributed by atoms with E-state index in [1.165, 1.54) is 173 Å². The van der Waals surface area contributed by atoms with E-state index >= 15 is 0 Å². The number of nitrogens with zero attached hydrogens (tertiary/aromatic N) is 1. The summed E-state index contributed by atoms with van der Waals surface area (Å²) in [6, 6.07) is -0.854. The Kier molecular flexibility index (Phi) is 57.7. The van der Waals surface area contributed by atoms with Crippen LogP contribution in [0.4, 0.5) is 0 Å². The number of carbonyl (C=O) groups excluding carboxylic acids is 2. The van der Waals surface area contributed by atoms with Crippen molar-refractivity contribution in [1.29, 1.82) is 0 Å². The van der Waals surface area contributed by atoms with Gasteiger partial charge in [0.2, 0.25) is 5.91 Å². The van der Waals surface area contributed by atoms with Crippen molar-refractivity contribution in [3.8, 4) is 0 Å². The molecule has 466 valence electrons. The molecule has 0 spiro atoms. The van der Waals surface area contributed by atoms with Gasteiger partial charge >= 0.3 is 13.8 Å². The Balaban J connectivity index is 5.16. The molecule has 0 fully saturated rings. The minimum atomic E-state index is -4.45. The van der Waals surface area contributed by atoms with Crippen molar-refractivity contribution < 1.29 is 37.3 Å². The number of quaternary nitrogens is 1. The molecule has 0 rings (SSSR count). The van der Waals surface area contributed by atoms with Gasteiger partial charge in [-0.25, -0.2) is 4.57 Å². The maximum atomic E-state index is 13.6. The summed E-state index contributed by atoms with van der Waals surface area (Å²) in [5.41, 5.74) is 0. The summed E-state index contributed by atoms with van der Waals surface area (Å²) in [5, 5.41) is 3.07. The van der Waals surface area contributed by atoms with Crippen molar-refractivity contribution in [1.82, 2.24) is 5.32 Å². The number of likely N-dealkylation sites (N-methyl/N-ethyl adjacent to an activating group) is 1. The maximum absolute atomic E-state index is 13.6. The van der Waals surface area contributed by atoms with Gasteiger partial charge in [-0.2, -0.15) is 0 Å². The van der Waals surface area contributed by atoms with Crippen molar-refractivity contribution in [3.63, 3.8) is 0 Å². The largest absolute Gasteiger partial charge is 0.472 e. The predicted molar refractivity (Wildman–Crippen MR) is 346 cm³/mol. The van der Waals surface area contributed by atoms with E-state index in [-0.39, 0.29) is 31.5 Å². The molecule has 0 aromatic carbocycles. The van der Waals surface area contributed by atoms with Gasteiger partial charge in [-0.1, -0.05) is 293 Å². The van der Waals surface area contributed by atoms with Crippen LogP contribution in [0.1, 0.15) is 310 Å². The minimum Gasteiger partial charge on any atom is -0.456 e. The second kappa shape index (κ2) is 59.6. The average molecular weight is 1140 g/mol. The van der Waals surface area contributed by atoms with E-state index in [0.717, 1.165) is 103 Å². The standard InChI is InChI=1S/C70H129N2O7P/c1-7-10-13-16-19-22-25-28-30-32-34-35-36-37-39-41-43-45-48-51-54-57-60-63-70(74)79-68(61-58-55-52-49-46-27-24-21-18-15-12-9-3)67(66-78-80(75,76)77-65-64-72(4,5)6)71-69(73)62-59-56-53-50-47-44-42-40-38-33-31-29-26-23-20-17-14-11-8-2/h10,13,19,22,28,30,34-35,37,39,58,61,67-68H,7-9,11-12,14-18,20-21,23-27,29,31-33,36,38,40-57,59-60,62-66H2,1-6H3,(H-,71,73,75,76)/p+1/b13-10-,22-19-,30-28-,35-34-,39-37-,61-58+. The van der Waals surface area contributed by atoms with Crippen molar-refractivity contribution in [2.45, 2.75) is 322 Å². The monoisotopic (exact) mass is 1140 g/mol. The Morgan fingerprint density at radius 2 is 0.800 bits per heavy atom. The molecule has 3 atom stereocenters. The van der Waals surface area contributed by atoms with Gasteiger partial charge in [0.25, 0.3) is 0 Å². The van der Waals surface area contributed by atoms with Crippen LogP contribution < -0.4 is 5.32 Å². The van der Waals surface area contributed by atoms with Gasteiger partial charge in [0.05, 0.1) is 33.8 Å². The molecule has 0 aromatic rings. The molecule has 0 bridgehead atoms. The number of rotatable bonds is 61. The molecule has 0 aliphatic rings. The van der Waals surface area contributed by atoms with Gasteiger partial charge < -0.3 is 19.4 Å². The fraction of sp³-hybridized carbons (Fsp3) is 0.800. The summed E-state index contributed by atoms with van der Waals surface area (Å²) >= 11 is 0. The summed E-state index contributed by atoms with van der Waals surface area (Å²) in [6.45, 7) is 6.92. The highest BCUT2D eigenvalue weighted by Crippen LogP contribution is 2.43. The van der Waals surface area contributed by atoms with E-state index in [9.17, 15) is 19.0 Å². The molecule has 0 radical (unpaired) electrons. The quantitative estimate of drug-likeness (QED) is 0.0205. The first-order valence-electron chi connectivity index (χ1n) is 33.8. The highest BCUT2D eigenvalue weighted by atomic mass is 31.2. The number of hydrogen-bond acceptors (Lipinski definition) is 6. The molecule has 0 saturated carbocycles. The molecular weight excluding hydrogens is 1010 g/mol. The van der Waals surface area contributed by atoms with Crippen LogP contribution in [-0.4, -0.2) is 74.3 Å². The van der Waals surface area contributed by atoms with Crippen LogP contribution in [0.5, 0.6) is 0 Å². The average Bonchev–Trinajstić information content (AvgIpc) is 3.43. The van der Waals surface area contributed by atoms with Gasteiger partial charge in [0.15, 0.2) is 0 Å². The van der Waals surface area contributed by atoms with E-state index in [4.69, 9.17) is 13.8 Å². The van der Waals surface area contributed by atoms with Crippen LogP contribution in [0.15, 0.2) is 72.9 Å². The summed E-state index contributed by atoms with van der Waals surface area (Å²) in [5.74, 6) is -0.508. The molecule has 0 aromatic heterocycles. The number of allylic oxidation sites excluding steroid dienone is 11. The van der Waals surface area contributed by atoms with Crippen LogP contribution in [0.2, 0.25) is 0 Å². The zero-order chi connectivity index (χ0) is 58.6. The van der Waals surface area contributed by atoms with Crippen LogP contribution >= 0.6 is 7.82 Å². The van der Waals surface area contributed by atoms with Gasteiger partial charge in [0.1, 0.15) is 19.3 Å². The number of phosphoric ester groups is 1. The fourth-order valence-corrected chi connectivity index (χ4v) is 10.5. The Hall–Kier alpha value is -2.55. The molecule has 0 aliphatic heterocycles. The van der Waals surface area contributed by atoms with Crippen molar-refractivity contribution in [2.24, 2.45) is 0 Å². The minimum absolute atomic E-state index is 0.0377. The third-order valence-corrected chi connectivity index (χ3v) is 15.9. The SMILES string of the molecule is CC/C=C\C/C=C\C/C=C\C/C=C\C/C=C\CCCCCCCCCC(=O)OC(/C=C/CCCCCCCCCCCC)C(COP(=O)(O)OCC[N+](C)(C)C)NC(=O)CCCCCCCCCCCCCCCCCCCCC. The Morgan fingerprint density at radius 1 is 0.450 bits per heavy atom. The first kappa shape index (κ1) is 77.5. The molecule has 10 heteroatoms. The first-order valence-corrected chi connectivity index (χ1v) is 35.3. The highest BCUT2D eigenvalue weighted by molar-refractivity contribution is 7.47. The second-order valence-corrected chi connectivity index (χ2v) is 25.4. The molecule has 0 heterocycles. The molecule has 80 heavy (non-hydrogen) atoms. The number of hydrogen-bond donors (Lipinski definition) is 2. The Morgan fingerprint density at radius 3 is 1.20 bits per heavy atom. The first-order chi connectivity index (χ1) is 38.9. The van der Waals surface area contributed by atoms with Crippen LogP contribution in [0, 0.1) is 0 Å². The highest BCUT2D eigenvalue weighted by Gasteiger charge is 2.30. The molecule has 0 aliphatic carbocycles. The summed E-state index contributed by atoms with van der Waals surface area (Å²) in [7, 11) is 1.49. The third kappa shape index (κ3) is 60.1. The molecule has 0 saturated heterocycles. The second-order valence-electron chi connectivity index (χ2n) is 24.0. The summed E-state index contributed by atoms with van der Waals surface area (Å²) < 4.78 is 30.8. The lowest BCUT2D eigenvalue weighted by Crippen LogP contribution is -2.47. The number of ether oxygens (including phenoxy) is 1. The van der Waals surface area contributed by atoms with Gasteiger partial charge in [-0.15, -0.1) is 0 Å². The van der Waals surface area contributed by atoms with Crippen LogP contribution in [0.3, 0.4) is 0 Å². The zero-order valence-corrected chi connectivity index (χ0v) is 54.2. The predicted octanol–water partition coefficient (Wildman–Crippen LogP) is 21.2. The zero-order valence-electron chi connectivity index (χ0n) is 53.3. The van der Waals surface area contributed by atoms with E-state index in [1.807, 2.05) is 33.3 Å². The van der Waals surface area contributed by atoms with Crippen molar-refractivity contribution in [3.05, 3.63) is 72.9 Å². The van der Waals surface area contributed by atoms with Gasteiger partial charge in [-0.05, 0) is 76.7 Å². The molecule has 2 N–H and O–H groups in total. The third-order valence-electron chi connectivity index (χ3n) is 14.9. The summed E-state index contributed by atoms with van der Waals surface area (Å²) in [4.78, 5) is 37.8. The maximum Gasteiger partial charge on any atom is 0.472 e. The van der Waals surface area contributed by atoms with E-state index < -0.39 is 20.0 Å². The van der Waals surface area contributed by atoms with Crippen molar-refractivity contribution >= 4 is 19.7 Å². The lowest BCUT2D eigenvalue weighted by Gasteiger charge is -2.27. The van der Waals surface area contributed by atoms with Crippen LogP contribution in [0.25, 0.3) is 0 Å². The lowest BCUT2D eigenvalue weighted by molar-refractivity contribution is -0.870. The Bertz CT molecular complexity index is 1600. The molecular formula is C70H130N2O7P+. The van der Waals surface area contributed by atoms with E-state index in [0.29, 0.717) is 17.4 Å². The number of amides is 1. The number of phosphoric acid groups is 1. The molecule has 1 amide bonds. The van der Waals surface area contributed by atoms with E-state index in [2.05, 4.69) is 86.8 Å². The number of unbranched alkanes of at least 4 members (excludes halogenated alkanes) is 35. The Labute approximate surface area is 495 Å². The van der Waals surface area contributed by atoms with Gasteiger partial charge in [-0.3, -0.25) is 18.6 Å². The fourth-order valence-electron chi connectivity index (χ4n) is 9.73. The number of esters is 1. The smallest absolute Gasteiger partial charge is 0.456 e. The normalized spacial score (nSPS) is 14.0. The molecule has 3 unspecified atom stereocenters.